The van der Waals surface area contributed by atoms with Gasteiger partial charge in [0.05, 0.1) is 7.11 Å². The molecule has 0 radical (unpaired) electrons. The largest absolute Gasteiger partial charge is 0.508 e. The number of phenolic OH excluding ortho intramolecular Hbond substituents is 2. The number of phenols is 2. The number of benzene rings is 2. The molecule has 0 saturated heterocycles. The van der Waals surface area contributed by atoms with Gasteiger partial charge in [-0.2, -0.15) is 0 Å². The average Bonchev–Trinajstić information content (AvgIpc) is 2.67. The molecule has 5 nitrogen and oxygen atoms in total. The van der Waals surface area contributed by atoms with E-state index in [9.17, 15) is 10.2 Å². The van der Waals surface area contributed by atoms with Crippen LogP contribution in [0.4, 0.5) is 0 Å². The minimum absolute atomic E-state index is 0.164. The molecule has 150 valence electrons. The van der Waals surface area contributed by atoms with E-state index in [1.807, 2.05) is 18.2 Å². The molecule has 2 atom stereocenters. The monoisotopic (exact) mass is 382 g/mol. The lowest BCUT2D eigenvalue weighted by Gasteiger charge is -2.37. The van der Waals surface area contributed by atoms with E-state index in [1.54, 1.807) is 7.11 Å². The Hall–Kier alpha value is -2.24. The van der Waals surface area contributed by atoms with E-state index >= 15 is 0 Å². The van der Waals surface area contributed by atoms with E-state index in [0.29, 0.717) is 5.75 Å². The van der Waals surface area contributed by atoms with E-state index in [1.165, 1.54) is 11.1 Å². The third-order valence-corrected chi connectivity index (χ3v) is 6.76. The van der Waals surface area contributed by atoms with Crippen LogP contribution >= 0.6 is 0 Å². The third-order valence-electron chi connectivity index (χ3n) is 6.76. The maximum absolute atomic E-state index is 11.2. The normalized spacial score (nSPS) is 22.6. The number of fused-ring (bicyclic) bond motifs is 2. The summed E-state index contributed by atoms with van der Waals surface area (Å²) in [4.78, 5) is 4.63. The van der Waals surface area contributed by atoms with Crippen LogP contribution in [0.3, 0.4) is 0 Å². The Balaban J connectivity index is 2.07. The van der Waals surface area contributed by atoms with E-state index in [4.69, 9.17) is 4.74 Å². The minimum atomic E-state index is 0.164. The summed E-state index contributed by atoms with van der Waals surface area (Å²) in [6.45, 7) is 6.30. The molecule has 0 aliphatic carbocycles. The molecule has 2 aliphatic heterocycles. The van der Waals surface area contributed by atoms with E-state index < -0.39 is 0 Å². The third kappa shape index (κ3) is 2.85. The fourth-order valence-electron chi connectivity index (χ4n) is 4.85. The van der Waals surface area contributed by atoms with E-state index in [-0.39, 0.29) is 23.6 Å². The molecule has 0 aromatic heterocycles. The first-order valence-electron chi connectivity index (χ1n) is 10.0. The maximum atomic E-state index is 11.2. The van der Waals surface area contributed by atoms with Crippen LogP contribution < -0.4 is 4.74 Å². The number of hydrogen-bond donors (Lipinski definition) is 2. The van der Waals surface area contributed by atoms with Crippen molar-refractivity contribution in [2.45, 2.75) is 38.8 Å². The summed E-state index contributed by atoms with van der Waals surface area (Å²) in [6, 6.07) is 6.04. The van der Waals surface area contributed by atoms with Gasteiger partial charge in [-0.3, -0.25) is 9.80 Å². The second kappa shape index (κ2) is 6.98. The predicted molar refractivity (Wildman–Crippen MR) is 111 cm³/mol. The van der Waals surface area contributed by atoms with Crippen molar-refractivity contribution in [3.63, 3.8) is 0 Å². The lowest BCUT2D eigenvalue weighted by atomic mass is 9.80. The Morgan fingerprint density at radius 2 is 1.46 bits per heavy atom. The smallest absolute Gasteiger partial charge is 0.166 e. The molecule has 0 unspecified atom stereocenters. The van der Waals surface area contributed by atoms with Gasteiger partial charge >= 0.3 is 0 Å². The van der Waals surface area contributed by atoms with Crippen LogP contribution in [0.1, 0.15) is 48.2 Å². The Labute approximate surface area is 167 Å². The molecule has 2 N–H and O–H groups in total. The molecule has 5 heteroatoms. The van der Waals surface area contributed by atoms with Gasteiger partial charge in [0.1, 0.15) is 5.75 Å². The highest BCUT2D eigenvalue weighted by Crippen LogP contribution is 2.50. The number of likely N-dealkylation sites (N-methyl/N-ethyl adjacent to an activating group) is 2. The average molecular weight is 383 g/mol. The van der Waals surface area contributed by atoms with Crippen molar-refractivity contribution in [1.82, 2.24) is 9.80 Å². The summed E-state index contributed by atoms with van der Waals surface area (Å²) in [6.07, 6.45) is 1.80. The minimum Gasteiger partial charge on any atom is -0.508 e. The first-order chi connectivity index (χ1) is 13.3. The van der Waals surface area contributed by atoms with Crippen molar-refractivity contribution in [3.8, 4) is 28.4 Å². The van der Waals surface area contributed by atoms with Crippen LogP contribution in [0.15, 0.2) is 18.2 Å². The molecule has 2 aromatic carbocycles. The molecular weight excluding hydrogens is 352 g/mol. The Morgan fingerprint density at radius 1 is 0.893 bits per heavy atom. The molecule has 28 heavy (non-hydrogen) atoms. The standard InChI is InChI=1S/C23H30N2O3/c1-13-20-15(6-8-24(13)3)10-17(26)12-18(20)22-21-14(2)25(4)9-7-16(21)11-19(28-5)23(22)27/h10-14,26-27H,6-9H2,1-5H3/t13-,14-/m0/s1. The van der Waals surface area contributed by atoms with Gasteiger partial charge in [-0.1, -0.05) is 0 Å². The number of ether oxygens (including phenoxy) is 1. The fraction of sp³-hybridized carbons (Fsp3) is 0.478. The van der Waals surface area contributed by atoms with Crippen LogP contribution in [0.2, 0.25) is 0 Å². The molecule has 0 spiro atoms. The van der Waals surface area contributed by atoms with Crippen molar-refractivity contribution in [3.05, 3.63) is 40.5 Å². The molecule has 0 saturated carbocycles. The molecule has 2 aliphatic rings. The Bertz CT molecular complexity index is 925. The van der Waals surface area contributed by atoms with Gasteiger partial charge < -0.3 is 14.9 Å². The van der Waals surface area contributed by atoms with E-state index in [0.717, 1.165) is 48.2 Å². The van der Waals surface area contributed by atoms with Gasteiger partial charge in [0, 0.05) is 30.7 Å². The summed E-state index contributed by atoms with van der Waals surface area (Å²) in [5, 5.41) is 21.7. The van der Waals surface area contributed by atoms with Gasteiger partial charge in [-0.05, 0) is 86.8 Å². The van der Waals surface area contributed by atoms with Crippen molar-refractivity contribution in [2.24, 2.45) is 0 Å². The van der Waals surface area contributed by atoms with Crippen LogP contribution in [-0.4, -0.2) is 54.3 Å². The van der Waals surface area contributed by atoms with Gasteiger partial charge in [0.2, 0.25) is 0 Å². The number of nitrogens with zero attached hydrogens (tertiary/aromatic N) is 2. The quantitative estimate of drug-likeness (QED) is 0.826. The molecule has 2 aromatic rings. The summed E-state index contributed by atoms with van der Waals surface area (Å²) >= 11 is 0. The Kier molecular flexibility index (Phi) is 4.76. The van der Waals surface area contributed by atoms with Crippen LogP contribution in [0, 0.1) is 0 Å². The molecule has 0 amide bonds. The van der Waals surface area contributed by atoms with Gasteiger partial charge in [0.25, 0.3) is 0 Å². The molecule has 0 bridgehead atoms. The fourth-order valence-corrected chi connectivity index (χ4v) is 4.85. The van der Waals surface area contributed by atoms with Gasteiger partial charge in [-0.25, -0.2) is 0 Å². The lowest BCUT2D eigenvalue weighted by Crippen LogP contribution is -2.32. The van der Waals surface area contributed by atoms with Crippen molar-refractivity contribution >= 4 is 0 Å². The van der Waals surface area contributed by atoms with Gasteiger partial charge in [0.15, 0.2) is 11.5 Å². The zero-order valence-corrected chi connectivity index (χ0v) is 17.4. The van der Waals surface area contributed by atoms with Crippen LogP contribution in [-0.2, 0) is 12.8 Å². The zero-order valence-electron chi connectivity index (χ0n) is 17.4. The van der Waals surface area contributed by atoms with Crippen LogP contribution in [0.25, 0.3) is 11.1 Å². The molecule has 2 heterocycles. The molecular formula is C23H30N2O3. The number of methoxy groups -OCH3 is 1. The first-order valence-corrected chi connectivity index (χ1v) is 10.0. The first kappa shape index (κ1) is 19.1. The number of aromatic hydroxyl groups is 2. The van der Waals surface area contributed by atoms with Crippen molar-refractivity contribution in [2.75, 3.05) is 34.3 Å². The van der Waals surface area contributed by atoms with E-state index in [2.05, 4.69) is 37.7 Å². The highest BCUT2D eigenvalue weighted by molar-refractivity contribution is 5.83. The number of hydrogen-bond acceptors (Lipinski definition) is 5. The summed E-state index contributed by atoms with van der Waals surface area (Å²) < 4.78 is 5.52. The molecule has 4 rings (SSSR count). The number of rotatable bonds is 2. The summed E-state index contributed by atoms with van der Waals surface area (Å²) in [5.74, 6) is 0.911. The highest BCUT2D eigenvalue weighted by atomic mass is 16.5. The zero-order chi connectivity index (χ0) is 20.2. The van der Waals surface area contributed by atoms with Crippen LogP contribution in [0.5, 0.6) is 17.2 Å². The molecule has 0 fully saturated rings. The second-order valence-corrected chi connectivity index (χ2v) is 8.25. The second-order valence-electron chi connectivity index (χ2n) is 8.25. The predicted octanol–water partition coefficient (Wildman–Crippen LogP) is 3.87. The topological polar surface area (TPSA) is 56.2 Å². The summed E-state index contributed by atoms with van der Waals surface area (Å²) in [5.41, 5.74) is 6.43. The Morgan fingerprint density at radius 3 is 2.07 bits per heavy atom. The van der Waals surface area contributed by atoms with Crippen molar-refractivity contribution < 1.29 is 14.9 Å². The van der Waals surface area contributed by atoms with Crippen molar-refractivity contribution in [1.29, 1.82) is 0 Å². The SMILES string of the molecule is COc1cc2c(c(-c3cc(O)cc4c3[C@H](C)N(C)CC4)c1O)[C@H](C)N(C)CC2. The highest BCUT2D eigenvalue weighted by Gasteiger charge is 2.32. The van der Waals surface area contributed by atoms with Gasteiger partial charge in [-0.15, -0.1) is 0 Å². The summed E-state index contributed by atoms with van der Waals surface area (Å²) in [7, 11) is 5.84. The lowest BCUT2D eigenvalue weighted by molar-refractivity contribution is 0.245. The maximum Gasteiger partial charge on any atom is 0.166 e.